The van der Waals surface area contributed by atoms with Crippen LogP contribution in [0, 0.1) is 6.92 Å². The molecule has 3 aromatic rings. The Kier molecular flexibility index (Phi) is 5.71. The van der Waals surface area contributed by atoms with Gasteiger partial charge < -0.3 is 9.30 Å². The fourth-order valence-corrected chi connectivity index (χ4v) is 2.64. The number of aryl methyl sites for hydroxylation is 1. The first-order valence-corrected chi connectivity index (χ1v) is 8.45. The lowest BCUT2D eigenvalue weighted by molar-refractivity contribution is -0.123. The van der Waals surface area contributed by atoms with Crippen molar-refractivity contribution in [3.63, 3.8) is 0 Å². The van der Waals surface area contributed by atoms with E-state index >= 15 is 0 Å². The zero-order valence-electron chi connectivity index (χ0n) is 14.2. The van der Waals surface area contributed by atoms with Gasteiger partial charge in [-0.05, 0) is 37.3 Å². The molecule has 26 heavy (non-hydrogen) atoms. The van der Waals surface area contributed by atoms with E-state index in [1.807, 2.05) is 49.5 Å². The molecule has 1 aromatic heterocycles. The molecule has 0 saturated heterocycles. The van der Waals surface area contributed by atoms with Crippen molar-refractivity contribution in [2.75, 3.05) is 6.61 Å². The number of rotatable bonds is 6. The molecule has 0 atom stereocenters. The Balaban J connectivity index is 1.55. The maximum Gasteiger partial charge on any atom is 0.277 e. The van der Waals surface area contributed by atoms with Gasteiger partial charge in [-0.15, -0.1) is 0 Å². The molecule has 0 fully saturated rings. The summed E-state index contributed by atoms with van der Waals surface area (Å²) in [6.45, 7) is 1.85. The zero-order valence-corrected chi connectivity index (χ0v) is 15.0. The first kappa shape index (κ1) is 17.8. The van der Waals surface area contributed by atoms with Crippen LogP contribution < -0.4 is 10.2 Å². The third kappa shape index (κ3) is 4.52. The van der Waals surface area contributed by atoms with Gasteiger partial charge in [-0.2, -0.15) is 5.10 Å². The van der Waals surface area contributed by atoms with E-state index in [0.717, 1.165) is 16.9 Å². The average molecular weight is 368 g/mol. The highest BCUT2D eigenvalue weighted by Gasteiger charge is 2.05. The summed E-state index contributed by atoms with van der Waals surface area (Å²) >= 11 is 5.97. The molecule has 2 aromatic carbocycles. The minimum Gasteiger partial charge on any atom is -0.482 e. The van der Waals surface area contributed by atoms with Gasteiger partial charge in [-0.25, -0.2) is 5.43 Å². The summed E-state index contributed by atoms with van der Waals surface area (Å²) in [6, 6.07) is 19.0. The van der Waals surface area contributed by atoms with Crippen LogP contribution >= 0.6 is 11.6 Å². The molecule has 0 spiro atoms. The fraction of sp³-hybridized carbons (Fsp3) is 0.100. The Labute approximate surface area is 156 Å². The third-order valence-electron chi connectivity index (χ3n) is 3.67. The number of hydrogen-bond donors (Lipinski definition) is 1. The van der Waals surface area contributed by atoms with Crippen LogP contribution in [0.3, 0.4) is 0 Å². The summed E-state index contributed by atoms with van der Waals surface area (Å²) in [5.74, 6) is 0.101. The SMILES string of the molecule is Cc1cc(/C=N/NC(=O)COc2ccccc2Cl)cn1-c1ccccc1. The molecule has 0 radical (unpaired) electrons. The van der Waals surface area contributed by atoms with Gasteiger partial charge in [0.05, 0.1) is 11.2 Å². The largest absolute Gasteiger partial charge is 0.482 e. The van der Waals surface area contributed by atoms with Crippen molar-refractivity contribution in [2.45, 2.75) is 6.92 Å². The normalized spacial score (nSPS) is 10.8. The van der Waals surface area contributed by atoms with Crippen molar-refractivity contribution in [1.82, 2.24) is 9.99 Å². The van der Waals surface area contributed by atoms with Gasteiger partial charge in [0.1, 0.15) is 5.75 Å². The van der Waals surface area contributed by atoms with Crippen molar-refractivity contribution < 1.29 is 9.53 Å². The second-order valence-electron chi connectivity index (χ2n) is 5.63. The van der Waals surface area contributed by atoms with E-state index in [-0.39, 0.29) is 12.5 Å². The Hall–Kier alpha value is -3.05. The number of halogens is 1. The Morgan fingerprint density at radius 3 is 2.69 bits per heavy atom. The maximum absolute atomic E-state index is 11.8. The second-order valence-corrected chi connectivity index (χ2v) is 6.04. The van der Waals surface area contributed by atoms with Crippen LogP contribution in [-0.2, 0) is 4.79 Å². The van der Waals surface area contributed by atoms with Crippen LogP contribution in [0.5, 0.6) is 5.75 Å². The van der Waals surface area contributed by atoms with Crippen LogP contribution in [0.1, 0.15) is 11.3 Å². The van der Waals surface area contributed by atoms with Crippen molar-refractivity contribution >= 4 is 23.7 Å². The second kappa shape index (κ2) is 8.36. The number of carbonyl (C=O) groups excluding carboxylic acids is 1. The third-order valence-corrected chi connectivity index (χ3v) is 3.98. The number of hydrogen-bond acceptors (Lipinski definition) is 3. The van der Waals surface area contributed by atoms with Gasteiger partial charge in [0.15, 0.2) is 6.61 Å². The van der Waals surface area contributed by atoms with E-state index < -0.39 is 0 Å². The number of carbonyl (C=O) groups is 1. The summed E-state index contributed by atoms with van der Waals surface area (Å²) in [6.07, 6.45) is 3.56. The van der Waals surface area contributed by atoms with Gasteiger partial charge in [0.25, 0.3) is 5.91 Å². The molecule has 1 N–H and O–H groups in total. The van der Waals surface area contributed by atoms with E-state index in [9.17, 15) is 4.79 Å². The topological polar surface area (TPSA) is 55.6 Å². The van der Waals surface area contributed by atoms with Crippen molar-refractivity contribution in [3.05, 3.63) is 83.1 Å². The first-order chi connectivity index (χ1) is 12.6. The molecule has 0 aliphatic rings. The van der Waals surface area contributed by atoms with Crippen molar-refractivity contribution in [2.24, 2.45) is 5.10 Å². The minimum absolute atomic E-state index is 0.162. The standard InChI is InChI=1S/C20H18ClN3O2/c1-15-11-16(13-24(15)17-7-3-2-4-8-17)12-22-23-20(25)14-26-19-10-6-5-9-18(19)21/h2-13H,14H2,1H3,(H,23,25)/b22-12+. The number of ether oxygens (including phenoxy) is 1. The number of nitrogens with one attached hydrogen (secondary N) is 1. The Bertz CT molecular complexity index is 920. The van der Waals surface area contributed by atoms with Gasteiger partial charge in [0, 0.05) is 23.1 Å². The molecule has 0 unspecified atom stereocenters. The van der Waals surface area contributed by atoms with Crippen LogP contribution in [0.25, 0.3) is 5.69 Å². The van der Waals surface area contributed by atoms with Gasteiger partial charge in [0.2, 0.25) is 0 Å². The lowest BCUT2D eigenvalue weighted by Gasteiger charge is -2.06. The monoisotopic (exact) mass is 367 g/mol. The quantitative estimate of drug-likeness (QED) is 0.529. The molecule has 0 saturated carbocycles. The number of nitrogens with zero attached hydrogens (tertiary/aromatic N) is 2. The zero-order chi connectivity index (χ0) is 18.4. The average Bonchev–Trinajstić information content (AvgIpc) is 3.02. The van der Waals surface area contributed by atoms with E-state index in [4.69, 9.17) is 16.3 Å². The number of aromatic nitrogens is 1. The Morgan fingerprint density at radius 1 is 1.19 bits per heavy atom. The highest BCUT2D eigenvalue weighted by atomic mass is 35.5. The summed E-state index contributed by atoms with van der Waals surface area (Å²) in [7, 11) is 0. The van der Waals surface area contributed by atoms with Crippen molar-refractivity contribution in [1.29, 1.82) is 0 Å². The van der Waals surface area contributed by atoms with Crippen LogP contribution in [-0.4, -0.2) is 23.3 Å². The van der Waals surface area contributed by atoms with E-state index in [1.54, 1.807) is 30.5 Å². The van der Waals surface area contributed by atoms with Crippen LogP contribution in [0.2, 0.25) is 5.02 Å². The molecule has 6 heteroatoms. The molecule has 0 aliphatic carbocycles. The lowest BCUT2D eigenvalue weighted by atomic mass is 10.3. The molecular formula is C20H18ClN3O2. The predicted octanol–water partition coefficient (Wildman–Crippen LogP) is 3.97. The highest BCUT2D eigenvalue weighted by molar-refractivity contribution is 6.32. The summed E-state index contributed by atoms with van der Waals surface area (Å²) in [5, 5.41) is 4.43. The van der Waals surface area contributed by atoms with E-state index in [1.165, 1.54) is 0 Å². The maximum atomic E-state index is 11.8. The molecule has 0 bridgehead atoms. The Morgan fingerprint density at radius 2 is 1.92 bits per heavy atom. The fourth-order valence-electron chi connectivity index (χ4n) is 2.45. The van der Waals surface area contributed by atoms with Gasteiger partial charge >= 0.3 is 0 Å². The molecule has 0 aliphatic heterocycles. The minimum atomic E-state index is -0.361. The van der Waals surface area contributed by atoms with E-state index in [0.29, 0.717) is 10.8 Å². The molecule has 3 rings (SSSR count). The molecule has 132 valence electrons. The van der Waals surface area contributed by atoms with Gasteiger partial charge in [-0.1, -0.05) is 41.9 Å². The molecule has 5 nitrogen and oxygen atoms in total. The van der Waals surface area contributed by atoms with Gasteiger partial charge in [-0.3, -0.25) is 4.79 Å². The number of para-hydroxylation sites is 2. The highest BCUT2D eigenvalue weighted by Crippen LogP contribution is 2.22. The number of amides is 1. The first-order valence-electron chi connectivity index (χ1n) is 8.07. The van der Waals surface area contributed by atoms with Crippen LogP contribution in [0.15, 0.2) is 72.0 Å². The van der Waals surface area contributed by atoms with Crippen LogP contribution in [0.4, 0.5) is 0 Å². The predicted molar refractivity (Wildman–Crippen MR) is 103 cm³/mol. The molecule has 1 amide bonds. The summed E-state index contributed by atoms with van der Waals surface area (Å²) in [5.41, 5.74) is 5.48. The smallest absolute Gasteiger partial charge is 0.277 e. The molecular weight excluding hydrogens is 350 g/mol. The van der Waals surface area contributed by atoms with E-state index in [2.05, 4.69) is 15.1 Å². The molecule has 1 heterocycles. The number of benzene rings is 2. The lowest BCUT2D eigenvalue weighted by Crippen LogP contribution is -2.24. The summed E-state index contributed by atoms with van der Waals surface area (Å²) < 4.78 is 7.42. The van der Waals surface area contributed by atoms with Crippen molar-refractivity contribution in [3.8, 4) is 11.4 Å². The summed E-state index contributed by atoms with van der Waals surface area (Å²) in [4.78, 5) is 11.8. The number of hydrazone groups is 1.